The van der Waals surface area contributed by atoms with Crippen LogP contribution < -0.4 is 10.5 Å². The molecule has 0 bridgehead atoms. The lowest BCUT2D eigenvalue weighted by Gasteiger charge is -2.11. The zero-order chi connectivity index (χ0) is 16.2. The predicted octanol–water partition coefficient (Wildman–Crippen LogP) is 2.20. The first-order valence-corrected chi connectivity index (χ1v) is 8.17. The highest BCUT2D eigenvalue weighted by molar-refractivity contribution is 7.89. The van der Waals surface area contributed by atoms with E-state index in [1.165, 1.54) is 6.07 Å². The number of nitro groups is 1. The Morgan fingerprint density at radius 3 is 2.52 bits per heavy atom. The van der Waals surface area contributed by atoms with E-state index >= 15 is 0 Å². The number of anilines is 1. The van der Waals surface area contributed by atoms with Crippen molar-refractivity contribution < 1.29 is 13.3 Å². The monoisotopic (exact) mass is 315 g/mol. The Kier molecular flexibility index (Phi) is 5.68. The Balaban J connectivity index is 2.97. The van der Waals surface area contributed by atoms with Crippen LogP contribution in [0.3, 0.4) is 0 Å². The molecular weight excluding hydrogens is 294 g/mol. The maximum atomic E-state index is 12.2. The number of hydrogen-bond donors (Lipinski definition) is 2. The number of nitrogens with two attached hydrogens (primary N) is 1. The van der Waals surface area contributed by atoms with E-state index in [0.29, 0.717) is 24.4 Å². The van der Waals surface area contributed by atoms with Crippen molar-refractivity contribution in [2.45, 2.75) is 38.5 Å². The second-order valence-corrected chi connectivity index (χ2v) is 7.10. The van der Waals surface area contributed by atoms with Gasteiger partial charge in [-0.05, 0) is 37.3 Å². The molecular formula is C13H21N3O4S. The normalized spacial score (nSPS) is 11.8. The molecule has 0 atom stereocenters. The average molecular weight is 315 g/mol. The highest BCUT2D eigenvalue weighted by Gasteiger charge is 2.22. The summed E-state index contributed by atoms with van der Waals surface area (Å²) in [4.78, 5) is 10.1. The fourth-order valence-electron chi connectivity index (χ4n) is 1.94. The Bertz CT molecular complexity index is 627. The van der Waals surface area contributed by atoms with Crippen molar-refractivity contribution in [1.82, 2.24) is 4.72 Å². The number of nitro benzene ring substituents is 1. The minimum atomic E-state index is -3.77. The van der Waals surface area contributed by atoms with Crippen molar-refractivity contribution in [1.29, 1.82) is 0 Å². The standard InChI is InChI=1S/C13H21N3O4S/c1-9(2)5-4-6-15-21(19,20)13-8-12(16(17)18)11(14)7-10(13)3/h7-9,15H,4-6,14H2,1-3H3. The molecule has 0 aliphatic carbocycles. The summed E-state index contributed by atoms with van der Waals surface area (Å²) in [7, 11) is -3.77. The van der Waals surface area contributed by atoms with Gasteiger partial charge in [0.15, 0.2) is 0 Å². The summed E-state index contributed by atoms with van der Waals surface area (Å²) in [6.45, 7) is 5.98. The smallest absolute Gasteiger partial charge is 0.293 e. The number of sulfonamides is 1. The van der Waals surface area contributed by atoms with E-state index in [1.807, 2.05) is 0 Å². The van der Waals surface area contributed by atoms with Crippen molar-refractivity contribution >= 4 is 21.4 Å². The molecule has 0 unspecified atom stereocenters. The zero-order valence-corrected chi connectivity index (χ0v) is 13.2. The molecule has 0 fully saturated rings. The van der Waals surface area contributed by atoms with Crippen LogP contribution in [0.1, 0.15) is 32.3 Å². The van der Waals surface area contributed by atoms with Gasteiger partial charge in [0.05, 0.1) is 9.82 Å². The molecule has 21 heavy (non-hydrogen) atoms. The summed E-state index contributed by atoms with van der Waals surface area (Å²) in [5, 5.41) is 10.9. The van der Waals surface area contributed by atoms with Gasteiger partial charge in [0.25, 0.3) is 5.69 Å². The van der Waals surface area contributed by atoms with E-state index in [0.717, 1.165) is 12.5 Å². The number of rotatable bonds is 7. The van der Waals surface area contributed by atoms with Gasteiger partial charge in [-0.15, -0.1) is 0 Å². The van der Waals surface area contributed by atoms with Gasteiger partial charge < -0.3 is 5.73 Å². The van der Waals surface area contributed by atoms with Gasteiger partial charge in [-0.25, -0.2) is 13.1 Å². The molecule has 0 aliphatic rings. The third-order valence-electron chi connectivity index (χ3n) is 3.06. The van der Waals surface area contributed by atoms with Crippen LogP contribution in [0.4, 0.5) is 11.4 Å². The predicted molar refractivity (Wildman–Crippen MR) is 81.5 cm³/mol. The first-order chi connectivity index (χ1) is 9.65. The molecule has 3 N–H and O–H groups in total. The van der Waals surface area contributed by atoms with Gasteiger partial charge in [0.2, 0.25) is 10.0 Å². The molecule has 0 aliphatic heterocycles. The van der Waals surface area contributed by atoms with Gasteiger partial charge in [-0.3, -0.25) is 10.1 Å². The molecule has 0 saturated heterocycles. The number of nitrogen functional groups attached to an aromatic ring is 1. The molecule has 1 aromatic rings. The zero-order valence-electron chi connectivity index (χ0n) is 12.4. The van der Waals surface area contributed by atoms with E-state index in [9.17, 15) is 18.5 Å². The van der Waals surface area contributed by atoms with Crippen molar-refractivity contribution in [3.05, 3.63) is 27.8 Å². The van der Waals surface area contributed by atoms with Crippen LogP contribution in [0.5, 0.6) is 0 Å². The van der Waals surface area contributed by atoms with Crippen LogP contribution in [0.2, 0.25) is 0 Å². The van der Waals surface area contributed by atoms with Crippen LogP contribution in [0.15, 0.2) is 17.0 Å². The second-order valence-electron chi connectivity index (χ2n) is 5.37. The SMILES string of the molecule is Cc1cc(N)c([N+](=O)[O-])cc1S(=O)(=O)NCCCC(C)C. The molecule has 1 rings (SSSR count). The lowest BCUT2D eigenvalue weighted by molar-refractivity contribution is -0.384. The molecule has 0 heterocycles. The number of hydrogen-bond acceptors (Lipinski definition) is 5. The number of benzene rings is 1. The van der Waals surface area contributed by atoms with Crippen LogP contribution >= 0.6 is 0 Å². The summed E-state index contributed by atoms with van der Waals surface area (Å²) in [6.07, 6.45) is 1.62. The first-order valence-electron chi connectivity index (χ1n) is 6.69. The molecule has 118 valence electrons. The molecule has 0 aromatic heterocycles. The van der Waals surface area contributed by atoms with E-state index < -0.39 is 20.6 Å². The first kappa shape index (κ1) is 17.4. The van der Waals surface area contributed by atoms with Crippen molar-refractivity contribution in [3.8, 4) is 0 Å². The van der Waals surface area contributed by atoms with Crippen LogP contribution in [-0.2, 0) is 10.0 Å². The maximum absolute atomic E-state index is 12.2. The maximum Gasteiger partial charge on any atom is 0.293 e. The van der Waals surface area contributed by atoms with Crippen molar-refractivity contribution in [2.24, 2.45) is 5.92 Å². The molecule has 1 aromatic carbocycles. The van der Waals surface area contributed by atoms with E-state index in [1.54, 1.807) is 6.92 Å². The highest BCUT2D eigenvalue weighted by Crippen LogP contribution is 2.28. The molecule has 0 amide bonds. The van der Waals surface area contributed by atoms with Crippen molar-refractivity contribution in [2.75, 3.05) is 12.3 Å². The fraction of sp³-hybridized carbons (Fsp3) is 0.538. The fourth-order valence-corrected chi connectivity index (χ4v) is 3.26. The topological polar surface area (TPSA) is 115 Å². The molecule has 0 spiro atoms. The van der Waals surface area contributed by atoms with Crippen LogP contribution in [-0.4, -0.2) is 19.9 Å². The van der Waals surface area contributed by atoms with Crippen molar-refractivity contribution in [3.63, 3.8) is 0 Å². The third-order valence-corrected chi connectivity index (χ3v) is 4.66. The summed E-state index contributed by atoms with van der Waals surface area (Å²) in [5.74, 6) is 0.494. The summed E-state index contributed by atoms with van der Waals surface area (Å²) < 4.78 is 26.9. The Hall–Kier alpha value is -1.67. The molecule has 0 saturated carbocycles. The minimum Gasteiger partial charge on any atom is -0.393 e. The molecule has 0 radical (unpaired) electrons. The summed E-state index contributed by atoms with van der Waals surface area (Å²) in [6, 6.07) is 2.32. The summed E-state index contributed by atoms with van der Waals surface area (Å²) >= 11 is 0. The second kappa shape index (κ2) is 6.86. The Labute approximate surface area is 124 Å². The molecule has 7 nitrogen and oxygen atoms in total. The number of nitrogens with one attached hydrogen (secondary N) is 1. The Morgan fingerprint density at radius 2 is 2.00 bits per heavy atom. The Morgan fingerprint density at radius 1 is 1.38 bits per heavy atom. The minimum absolute atomic E-state index is 0.0451. The van der Waals surface area contributed by atoms with Gasteiger partial charge >= 0.3 is 0 Å². The van der Waals surface area contributed by atoms with Gasteiger partial charge in [0, 0.05) is 12.6 Å². The largest absolute Gasteiger partial charge is 0.393 e. The highest BCUT2D eigenvalue weighted by atomic mass is 32.2. The van der Waals surface area contributed by atoms with E-state index in [4.69, 9.17) is 5.73 Å². The summed E-state index contributed by atoms with van der Waals surface area (Å²) in [5.41, 5.74) is 5.47. The van der Waals surface area contributed by atoms with E-state index in [2.05, 4.69) is 18.6 Å². The van der Waals surface area contributed by atoms with E-state index in [-0.39, 0.29) is 10.6 Å². The third kappa shape index (κ3) is 4.68. The van der Waals surface area contributed by atoms with Crippen LogP contribution in [0.25, 0.3) is 0 Å². The lowest BCUT2D eigenvalue weighted by Crippen LogP contribution is -2.26. The van der Waals surface area contributed by atoms with Gasteiger partial charge in [0.1, 0.15) is 5.69 Å². The quantitative estimate of drug-likeness (QED) is 0.346. The van der Waals surface area contributed by atoms with Gasteiger partial charge in [-0.2, -0.15) is 0 Å². The van der Waals surface area contributed by atoms with Gasteiger partial charge in [-0.1, -0.05) is 13.8 Å². The number of nitrogens with zero attached hydrogens (tertiary/aromatic N) is 1. The molecule has 8 heteroatoms. The average Bonchev–Trinajstić information content (AvgIpc) is 2.33. The lowest BCUT2D eigenvalue weighted by atomic mass is 10.1. The number of aryl methyl sites for hydroxylation is 1. The van der Waals surface area contributed by atoms with Crippen LogP contribution in [0, 0.1) is 23.0 Å².